The minimum absolute atomic E-state index is 0.0828. The van der Waals surface area contributed by atoms with Gasteiger partial charge < -0.3 is 10.1 Å². The van der Waals surface area contributed by atoms with Gasteiger partial charge in [-0.1, -0.05) is 35.9 Å². The van der Waals surface area contributed by atoms with Crippen molar-refractivity contribution in [3.05, 3.63) is 91.1 Å². The summed E-state index contributed by atoms with van der Waals surface area (Å²) >= 11 is 8.95. The lowest BCUT2D eigenvalue weighted by molar-refractivity contribution is -0.385. The molecule has 0 saturated heterocycles. The van der Waals surface area contributed by atoms with E-state index >= 15 is 0 Å². The molecule has 0 spiro atoms. The molecule has 0 bridgehead atoms. The fourth-order valence-electron chi connectivity index (χ4n) is 2.86. The van der Waals surface area contributed by atoms with Crippen molar-refractivity contribution in [2.45, 2.75) is 11.8 Å². The zero-order valence-electron chi connectivity index (χ0n) is 16.0. The average molecular weight is 463 g/mol. The SMILES string of the molecule is COc1ccc(CSCC(=O)NC(c2ccc(Cl)cc2)c2cccs2)cc1[N+](=O)[O-]. The first-order valence-corrected chi connectivity index (χ1v) is 11.4. The lowest BCUT2D eigenvalue weighted by atomic mass is 10.1. The first kappa shape index (κ1) is 22.1. The minimum atomic E-state index is -0.475. The zero-order chi connectivity index (χ0) is 21.5. The molecule has 1 atom stereocenters. The number of benzene rings is 2. The van der Waals surface area contributed by atoms with Crippen LogP contribution in [-0.4, -0.2) is 23.7 Å². The van der Waals surface area contributed by atoms with Crippen molar-refractivity contribution >= 4 is 46.3 Å². The molecule has 30 heavy (non-hydrogen) atoms. The molecule has 0 saturated carbocycles. The number of rotatable bonds is 9. The Hall–Kier alpha value is -2.55. The Kier molecular flexibility index (Phi) is 7.73. The van der Waals surface area contributed by atoms with E-state index in [1.54, 1.807) is 35.6 Å². The van der Waals surface area contributed by atoms with Crippen LogP contribution in [0.3, 0.4) is 0 Å². The Morgan fingerprint density at radius 3 is 2.67 bits per heavy atom. The molecular weight excluding hydrogens is 444 g/mol. The van der Waals surface area contributed by atoms with Gasteiger partial charge in [0.15, 0.2) is 5.75 Å². The van der Waals surface area contributed by atoms with Crippen LogP contribution in [0, 0.1) is 10.1 Å². The average Bonchev–Trinajstić information content (AvgIpc) is 3.27. The third-order valence-electron chi connectivity index (χ3n) is 4.28. The number of halogens is 1. The number of nitrogens with zero attached hydrogens (tertiary/aromatic N) is 1. The van der Waals surface area contributed by atoms with Crippen LogP contribution >= 0.6 is 34.7 Å². The van der Waals surface area contributed by atoms with Crippen molar-refractivity contribution < 1.29 is 14.5 Å². The van der Waals surface area contributed by atoms with Gasteiger partial charge >= 0.3 is 5.69 Å². The number of hydrogen-bond acceptors (Lipinski definition) is 6. The molecule has 3 rings (SSSR count). The molecular formula is C21H19ClN2O4S2. The van der Waals surface area contributed by atoms with Crippen molar-refractivity contribution in [3.63, 3.8) is 0 Å². The standard InChI is InChI=1S/C21H19ClN2O4S2/c1-28-18-9-4-14(11-17(18)24(26)27)12-29-13-20(25)23-21(19-3-2-10-30-19)15-5-7-16(22)8-6-15/h2-11,21H,12-13H2,1H3,(H,23,25). The highest BCUT2D eigenvalue weighted by atomic mass is 35.5. The Morgan fingerprint density at radius 1 is 1.27 bits per heavy atom. The first-order chi connectivity index (χ1) is 14.5. The highest BCUT2D eigenvalue weighted by Gasteiger charge is 2.19. The second-order valence-corrected chi connectivity index (χ2v) is 8.72. The van der Waals surface area contributed by atoms with Crippen LogP contribution in [0.15, 0.2) is 60.0 Å². The van der Waals surface area contributed by atoms with Crippen LogP contribution in [0.25, 0.3) is 0 Å². The molecule has 156 valence electrons. The summed E-state index contributed by atoms with van der Waals surface area (Å²) in [5.41, 5.74) is 1.62. The highest BCUT2D eigenvalue weighted by molar-refractivity contribution is 7.99. The van der Waals surface area contributed by atoms with Gasteiger partial charge in [-0.15, -0.1) is 23.1 Å². The molecule has 3 aromatic rings. The smallest absolute Gasteiger partial charge is 0.311 e. The number of amides is 1. The molecule has 2 aromatic carbocycles. The molecule has 0 aliphatic heterocycles. The van der Waals surface area contributed by atoms with E-state index in [2.05, 4.69) is 5.32 Å². The van der Waals surface area contributed by atoms with Gasteiger partial charge in [-0.3, -0.25) is 14.9 Å². The summed E-state index contributed by atoms with van der Waals surface area (Å²) in [4.78, 5) is 24.3. The van der Waals surface area contributed by atoms with Crippen LogP contribution < -0.4 is 10.1 Å². The number of hydrogen-bond donors (Lipinski definition) is 1. The number of thioether (sulfide) groups is 1. The maximum absolute atomic E-state index is 12.6. The van der Waals surface area contributed by atoms with Crippen molar-refractivity contribution in [3.8, 4) is 5.75 Å². The van der Waals surface area contributed by atoms with E-state index in [0.29, 0.717) is 10.8 Å². The molecule has 1 heterocycles. The largest absolute Gasteiger partial charge is 0.490 e. The maximum atomic E-state index is 12.6. The predicted molar refractivity (Wildman–Crippen MR) is 122 cm³/mol. The number of thiophene rings is 1. The summed E-state index contributed by atoms with van der Waals surface area (Å²) in [6.07, 6.45) is 0. The van der Waals surface area contributed by atoms with E-state index in [1.807, 2.05) is 29.6 Å². The van der Waals surface area contributed by atoms with Gasteiger partial charge in [0.05, 0.1) is 23.8 Å². The molecule has 1 N–H and O–H groups in total. The monoisotopic (exact) mass is 462 g/mol. The number of ether oxygens (including phenoxy) is 1. The molecule has 1 unspecified atom stereocenters. The van der Waals surface area contributed by atoms with Crippen LogP contribution in [-0.2, 0) is 10.5 Å². The number of nitrogens with one attached hydrogen (secondary N) is 1. The van der Waals surface area contributed by atoms with E-state index in [0.717, 1.165) is 16.0 Å². The third kappa shape index (κ3) is 5.75. The fourth-order valence-corrected chi connectivity index (χ4v) is 4.58. The maximum Gasteiger partial charge on any atom is 0.311 e. The second-order valence-electron chi connectivity index (χ2n) is 6.32. The van der Waals surface area contributed by atoms with Gasteiger partial charge in [-0.05, 0) is 40.8 Å². The van der Waals surface area contributed by atoms with Crippen LogP contribution in [0.1, 0.15) is 22.0 Å². The van der Waals surface area contributed by atoms with E-state index < -0.39 is 4.92 Å². The Morgan fingerprint density at radius 2 is 2.03 bits per heavy atom. The second kappa shape index (κ2) is 10.5. The lowest BCUT2D eigenvalue weighted by Crippen LogP contribution is -2.30. The van der Waals surface area contributed by atoms with Crippen molar-refractivity contribution in [1.82, 2.24) is 5.32 Å². The minimum Gasteiger partial charge on any atom is -0.490 e. The van der Waals surface area contributed by atoms with E-state index in [1.165, 1.54) is 24.9 Å². The number of methoxy groups -OCH3 is 1. The van der Waals surface area contributed by atoms with E-state index in [9.17, 15) is 14.9 Å². The quantitative estimate of drug-likeness (QED) is 0.337. The normalized spacial score (nSPS) is 11.7. The fraction of sp³-hybridized carbons (Fsp3) is 0.190. The summed E-state index contributed by atoms with van der Waals surface area (Å²) < 4.78 is 5.01. The van der Waals surface area contributed by atoms with Crippen LogP contribution in [0.2, 0.25) is 5.02 Å². The zero-order valence-corrected chi connectivity index (χ0v) is 18.4. The van der Waals surface area contributed by atoms with Crippen molar-refractivity contribution in [2.24, 2.45) is 0 Å². The van der Waals surface area contributed by atoms with Gasteiger partial charge in [0.1, 0.15) is 0 Å². The van der Waals surface area contributed by atoms with Crippen LogP contribution in [0.5, 0.6) is 5.75 Å². The first-order valence-electron chi connectivity index (χ1n) is 8.95. The number of carbonyl (C=O) groups excluding carboxylic acids is 1. The molecule has 0 aliphatic carbocycles. The van der Waals surface area contributed by atoms with Gasteiger partial charge in [-0.2, -0.15) is 0 Å². The van der Waals surface area contributed by atoms with Gasteiger partial charge in [0.2, 0.25) is 5.91 Å². The molecule has 0 fully saturated rings. The summed E-state index contributed by atoms with van der Waals surface area (Å²) in [5.74, 6) is 0.808. The summed E-state index contributed by atoms with van der Waals surface area (Å²) in [6.45, 7) is 0. The number of nitro groups is 1. The summed E-state index contributed by atoms with van der Waals surface area (Å²) in [6, 6.07) is 15.9. The van der Waals surface area contributed by atoms with Gasteiger partial charge in [0, 0.05) is 21.7 Å². The summed E-state index contributed by atoms with van der Waals surface area (Å²) in [7, 11) is 1.39. The van der Waals surface area contributed by atoms with Gasteiger partial charge in [-0.25, -0.2) is 0 Å². The highest BCUT2D eigenvalue weighted by Crippen LogP contribution is 2.30. The lowest BCUT2D eigenvalue weighted by Gasteiger charge is -2.18. The Bertz CT molecular complexity index is 1010. The molecule has 1 amide bonds. The van der Waals surface area contributed by atoms with Crippen molar-refractivity contribution in [1.29, 1.82) is 0 Å². The molecule has 6 nitrogen and oxygen atoms in total. The van der Waals surface area contributed by atoms with Crippen molar-refractivity contribution in [2.75, 3.05) is 12.9 Å². The van der Waals surface area contributed by atoms with Crippen LogP contribution in [0.4, 0.5) is 5.69 Å². The van der Waals surface area contributed by atoms with E-state index in [-0.39, 0.29) is 29.1 Å². The number of carbonyl (C=O) groups is 1. The Balaban J connectivity index is 1.62. The predicted octanol–water partition coefficient (Wildman–Crippen LogP) is 5.46. The molecule has 0 radical (unpaired) electrons. The molecule has 9 heteroatoms. The Labute approximate surface area is 187 Å². The molecule has 0 aliphatic rings. The van der Waals surface area contributed by atoms with E-state index in [4.69, 9.17) is 16.3 Å². The summed E-state index contributed by atoms with van der Waals surface area (Å²) in [5, 5.41) is 16.8. The topological polar surface area (TPSA) is 81.5 Å². The number of nitro benzene ring substituents is 1. The third-order valence-corrected chi connectivity index (χ3v) is 6.47. The van der Waals surface area contributed by atoms with Gasteiger partial charge in [0.25, 0.3) is 0 Å². The molecule has 1 aromatic heterocycles.